The molecule has 3 aliphatic rings. The molecule has 1 saturated carbocycles. The lowest BCUT2D eigenvalue weighted by Gasteiger charge is -2.37. The van der Waals surface area contributed by atoms with E-state index in [2.05, 4.69) is 22.6 Å². The third kappa shape index (κ3) is 4.41. The van der Waals surface area contributed by atoms with Gasteiger partial charge in [0.2, 0.25) is 0 Å². The minimum Gasteiger partial charge on any atom is -0.322 e. The molecule has 2 heterocycles. The van der Waals surface area contributed by atoms with Gasteiger partial charge in [-0.15, -0.1) is 0 Å². The number of fused-ring (bicyclic) bond motifs is 2. The highest BCUT2D eigenvalue weighted by atomic mass is 19.4. The maximum absolute atomic E-state index is 12.9. The first-order valence-electron chi connectivity index (χ1n) is 11.3. The molecular weight excluding hydrogens is 415 g/mol. The van der Waals surface area contributed by atoms with E-state index in [0.717, 1.165) is 30.6 Å². The van der Waals surface area contributed by atoms with Gasteiger partial charge in [-0.1, -0.05) is 18.2 Å². The van der Waals surface area contributed by atoms with E-state index in [-0.39, 0.29) is 5.56 Å². The van der Waals surface area contributed by atoms with Crippen LogP contribution in [0.25, 0.3) is 0 Å². The van der Waals surface area contributed by atoms with Gasteiger partial charge in [-0.25, -0.2) is 0 Å². The highest BCUT2D eigenvalue weighted by Gasteiger charge is 2.43. The number of anilines is 1. The molecule has 3 fully saturated rings. The molecule has 2 saturated heterocycles. The van der Waals surface area contributed by atoms with Crippen LogP contribution in [-0.2, 0) is 6.18 Å². The van der Waals surface area contributed by atoms with Crippen LogP contribution in [-0.4, -0.2) is 42.0 Å². The first-order valence-corrected chi connectivity index (χ1v) is 11.3. The van der Waals surface area contributed by atoms with Crippen LogP contribution in [0.3, 0.4) is 0 Å². The molecule has 4 unspecified atom stereocenters. The third-order valence-electron chi connectivity index (χ3n) is 7.39. The molecule has 7 heteroatoms. The number of halogens is 3. The topological polar surface area (TPSA) is 44.4 Å². The van der Waals surface area contributed by atoms with Crippen molar-refractivity contribution in [3.05, 3.63) is 65.2 Å². The van der Waals surface area contributed by atoms with Gasteiger partial charge in [0.1, 0.15) is 0 Å². The molecule has 170 valence electrons. The number of rotatable bonds is 5. The summed E-state index contributed by atoms with van der Waals surface area (Å²) >= 11 is 0. The number of piperidine rings is 1. The summed E-state index contributed by atoms with van der Waals surface area (Å²) in [6.07, 6.45) is 1.76. The number of hydrogen-bond donors (Lipinski definition) is 2. The molecule has 2 aromatic carbocycles. The summed E-state index contributed by atoms with van der Waals surface area (Å²) in [6.45, 7) is 0. The van der Waals surface area contributed by atoms with Crippen LogP contribution >= 0.6 is 0 Å². The first-order chi connectivity index (χ1) is 15.3. The SMILES string of the molecule is CN1C2CCC1CC(NC1CC1c1ccc(NC(=O)c3cccc(C(F)(F)F)c3)cc1)C2. The molecule has 2 bridgehead atoms. The predicted molar refractivity (Wildman–Crippen MR) is 118 cm³/mol. The van der Waals surface area contributed by atoms with Gasteiger partial charge in [-0.2, -0.15) is 13.2 Å². The number of amides is 1. The molecule has 2 aliphatic heterocycles. The zero-order valence-corrected chi connectivity index (χ0v) is 18.0. The van der Waals surface area contributed by atoms with E-state index < -0.39 is 17.6 Å². The zero-order valence-electron chi connectivity index (χ0n) is 18.0. The molecular formula is C25H28F3N3O. The average Bonchev–Trinajstić information content (AvgIpc) is 3.50. The van der Waals surface area contributed by atoms with Gasteiger partial charge in [0.15, 0.2) is 0 Å². The molecule has 1 aliphatic carbocycles. The number of alkyl halides is 3. The monoisotopic (exact) mass is 443 g/mol. The minimum absolute atomic E-state index is 0.0116. The first kappa shape index (κ1) is 21.5. The Morgan fingerprint density at radius 1 is 1.00 bits per heavy atom. The average molecular weight is 444 g/mol. The second-order valence-corrected chi connectivity index (χ2v) is 9.49. The third-order valence-corrected chi connectivity index (χ3v) is 7.39. The fourth-order valence-electron chi connectivity index (χ4n) is 5.45. The van der Waals surface area contributed by atoms with Crippen molar-refractivity contribution < 1.29 is 18.0 Å². The molecule has 5 rings (SSSR count). The van der Waals surface area contributed by atoms with Crippen LogP contribution in [0.1, 0.15) is 59.5 Å². The van der Waals surface area contributed by atoms with Gasteiger partial charge >= 0.3 is 6.18 Å². The standard InChI is InChI=1S/C25H28F3N3O/c1-31-20-9-10-21(31)13-19(12-20)29-23-14-22(23)15-5-7-18(8-6-15)30-24(32)16-3-2-4-17(11-16)25(26,27)28/h2-8,11,19-23,29H,9-10,12-14H2,1H3,(H,30,32). The Balaban J connectivity index is 1.16. The lowest BCUT2D eigenvalue weighted by molar-refractivity contribution is -0.137. The molecule has 2 aromatic rings. The van der Waals surface area contributed by atoms with Crippen molar-refractivity contribution in [1.29, 1.82) is 0 Å². The number of hydrogen-bond acceptors (Lipinski definition) is 3. The van der Waals surface area contributed by atoms with Crippen LogP contribution in [0.2, 0.25) is 0 Å². The maximum Gasteiger partial charge on any atom is 0.416 e. The molecule has 4 atom stereocenters. The van der Waals surface area contributed by atoms with Crippen LogP contribution in [0.4, 0.5) is 18.9 Å². The van der Waals surface area contributed by atoms with Gasteiger partial charge in [0.25, 0.3) is 5.91 Å². The van der Waals surface area contributed by atoms with Crippen molar-refractivity contribution in [3.8, 4) is 0 Å². The normalized spacial score (nSPS) is 29.7. The van der Waals surface area contributed by atoms with Crippen LogP contribution in [0.5, 0.6) is 0 Å². The highest BCUT2D eigenvalue weighted by molar-refractivity contribution is 6.04. The van der Waals surface area contributed by atoms with Crippen LogP contribution < -0.4 is 10.6 Å². The lowest BCUT2D eigenvalue weighted by Crippen LogP contribution is -2.47. The van der Waals surface area contributed by atoms with Gasteiger partial charge in [0, 0.05) is 41.3 Å². The van der Waals surface area contributed by atoms with E-state index in [1.54, 1.807) is 0 Å². The van der Waals surface area contributed by atoms with Gasteiger partial charge in [-0.3, -0.25) is 4.79 Å². The van der Waals surface area contributed by atoms with Crippen molar-refractivity contribution >= 4 is 11.6 Å². The molecule has 32 heavy (non-hydrogen) atoms. The summed E-state index contributed by atoms with van der Waals surface area (Å²) in [5.41, 5.74) is 0.969. The molecule has 0 radical (unpaired) electrons. The summed E-state index contributed by atoms with van der Waals surface area (Å²) in [5.74, 6) is -0.0627. The predicted octanol–water partition coefficient (Wildman–Crippen LogP) is 5.03. The fraction of sp³-hybridized carbons (Fsp3) is 0.480. The summed E-state index contributed by atoms with van der Waals surface area (Å²) < 4.78 is 38.6. The number of nitrogens with one attached hydrogen (secondary N) is 2. The Kier molecular flexibility index (Phi) is 5.50. The Hall–Kier alpha value is -2.38. The van der Waals surface area contributed by atoms with Crippen LogP contribution in [0, 0.1) is 0 Å². The quantitative estimate of drug-likeness (QED) is 0.682. The molecule has 1 amide bonds. The zero-order chi connectivity index (χ0) is 22.5. The van der Waals surface area contributed by atoms with E-state index in [1.807, 2.05) is 24.3 Å². The smallest absolute Gasteiger partial charge is 0.322 e. The van der Waals surface area contributed by atoms with Crippen molar-refractivity contribution in [2.75, 3.05) is 12.4 Å². The number of carbonyl (C=O) groups excluding carboxylic acids is 1. The van der Waals surface area contributed by atoms with Crippen molar-refractivity contribution in [3.63, 3.8) is 0 Å². The molecule has 4 nitrogen and oxygen atoms in total. The van der Waals surface area contributed by atoms with Gasteiger partial charge in [-0.05, 0) is 75.0 Å². The summed E-state index contributed by atoms with van der Waals surface area (Å²) in [5, 5.41) is 6.55. The van der Waals surface area contributed by atoms with Crippen molar-refractivity contribution in [2.24, 2.45) is 0 Å². The number of nitrogens with zero attached hydrogens (tertiary/aromatic N) is 1. The summed E-state index contributed by atoms with van der Waals surface area (Å²) in [4.78, 5) is 14.9. The minimum atomic E-state index is -4.47. The van der Waals surface area contributed by atoms with Crippen molar-refractivity contribution in [1.82, 2.24) is 10.2 Å². The van der Waals surface area contributed by atoms with E-state index in [0.29, 0.717) is 23.7 Å². The van der Waals surface area contributed by atoms with Gasteiger partial charge < -0.3 is 15.5 Å². The Morgan fingerprint density at radius 2 is 1.69 bits per heavy atom. The Labute approximate surface area is 186 Å². The highest BCUT2D eigenvalue weighted by Crippen LogP contribution is 2.43. The molecule has 2 N–H and O–H groups in total. The van der Waals surface area contributed by atoms with E-state index in [4.69, 9.17) is 0 Å². The second-order valence-electron chi connectivity index (χ2n) is 9.49. The largest absolute Gasteiger partial charge is 0.416 e. The summed E-state index contributed by atoms with van der Waals surface area (Å²) in [6, 6.07) is 14.7. The van der Waals surface area contributed by atoms with Crippen LogP contribution in [0.15, 0.2) is 48.5 Å². The van der Waals surface area contributed by atoms with E-state index in [1.165, 1.54) is 43.4 Å². The summed E-state index contributed by atoms with van der Waals surface area (Å²) in [7, 11) is 2.26. The fourth-order valence-corrected chi connectivity index (χ4v) is 5.45. The molecule has 0 aromatic heterocycles. The van der Waals surface area contributed by atoms with Gasteiger partial charge in [0.05, 0.1) is 5.56 Å². The Morgan fingerprint density at radius 3 is 2.34 bits per heavy atom. The lowest BCUT2D eigenvalue weighted by atomic mass is 9.98. The second kappa shape index (κ2) is 8.19. The maximum atomic E-state index is 12.9. The van der Waals surface area contributed by atoms with E-state index >= 15 is 0 Å². The number of benzene rings is 2. The number of carbonyl (C=O) groups is 1. The van der Waals surface area contributed by atoms with Crippen molar-refractivity contribution in [2.45, 2.75) is 68.4 Å². The Bertz CT molecular complexity index is 977. The van der Waals surface area contributed by atoms with E-state index in [9.17, 15) is 18.0 Å². The molecule has 0 spiro atoms.